The number of nitrogens with zero attached hydrogens (tertiary/aromatic N) is 1. The van der Waals surface area contributed by atoms with Crippen molar-refractivity contribution in [3.8, 4) is 0 Å². The minimum Gasteiger partial charge on any atom is -0.338 e. The molecule has 0 saturated carbocycles. The number of carbonyl (C=O) groups is 6. The highest BCUT2D eigenvalue weighted by molar-refractivity contribution is 7.90. The largest absolute Gasteiger partial charge is 0.338 e. The molecule has 362 valence electrons. The van der Waals surface area contributed by atoms with Crippen LogP contribution in [0.5, 0.6) is 0 Å². The van der Waals surface area contributed by atoms with E-state index in [2.05, 4.69) is 64.1 Å². The van der Waals surface area contributed by atoms with Gasteiger partial charge in [0.15, 0.2) is 0 Å². The number of hydrogen-bond acceptors (Lipinski definition) is 9. The molecule has 1 saturated heterocycles. The smallest absolute Gasteiger partial charge is 0.333 e. The van der Waals surface area contributed by atoms with E-state index in [0.29, 0.717) is 31.0 Å². The Morgan fingerprint density at radius 2 is 0.938 bits per heavy atom. The van der Waals surface area contributed by atoms with Crippen molar-refractivity contribution >= 4 is 45.8 Å². The maximum atomic E-state index is 12.1. The Labute approximate surface area is 384 Å². The lowest BCUT2D eigenvalue weighted by atomic mass is 10.1. The summed E-state index contributed by atoms with van der Waals surface area (Å²) >= 11 is 0. The van der Waals surface area contributed by atoms with Gasteiger partial charge in [0.05, 0.1) is 4.90 Å². The number of rotatable bonds is 35. The zero-order chi connectivity index (χ0) is 46.9. The average molecular weight is 917 g/mol. The van der Waals surface area contributed by atoms with Gasteiger partial charge in [-0.3, -0.25) is 14.4 Å². The predicted octanol–water partition coefficient (Wildman–Crippen LogP) is 9.20. The van der Waals surface area contributed by atoms with Crippen LogP contribution >= 0.6 is 0 Å². The first-order valence-electron chi connectivity index (χ1n) is 24.0. The monoisotopic (exact) mass is 917 g/mol. The molecule has 0 aliphatic carbocycles. The molecule has 0 aromatic heterocycles. The summed E-state index contributed by atoms with van der Waals surface area (Å²) in [4.78, 5) is 74.4. The summed E-state index contributed by atoms with van der Waals surface area (Å²) in [5.41, 5.74) is 0. The second kappa shape index (κ2) is 38.7. The van der Waals surface area contributed by atoms with Gasteiger partial charge in [-0.1, -0.05) is 108 Å². The normalized spacial score (nSPS) is 12.6. The highest BCUT2D eigenvalue weighted by atomic mass is 32.2. The molecule has 1 fully saturated rings. The van der Waals surface area contributed by atoms with Crippen LogP contribution in [0.2, 0.25) is 0 Å². The first kappa shape index (κ1) is 57.3. The van der Waals surface area contributed by atoms with Gasteiger partial charge in [-0.05, 0) is 102 Å². The molecule has 1 aliphatic rings. The Balaban J connectivity index is 0.000000641. The highest BCUT2D eigenvalue weighted by Gasteiger charge is 2.32. The van der Waals surface area contributed by atoms with E-state index in [9.17, 15) is 37.2 Å². The molecule has 15 nitrogen and oxygen atoms in total. The zero-order valence-electron chi connectivity index (χ0n) is 38.9. The van der Waals surface area contributed by atoms with Crippen LogP contribution in [0.4, 0.5) is 9.59 Å². The molecule has 64 heavy (non-hydrogen) atoms. The molecule has 1 aromatic carbocycles. The molecule has 1 aliphatic heterocycles. The van der Waals surface area contributed by atoms with Gasteiger partial charge < -0.3 is 26.1 Å². The third-order valence-corrected chi connectivity index (χ3v) is 11.5. The molecule has 7 amide bonds. The lowest BCUT2D eigenvalue weighted by Crippen LogP contribution is -2.36. The summed E-state index contributed by atoms with van der Waals surface area (Å²) in [5.74, 6) is -1.86. The number of sulfonamides is 1. The molecular weight excluding hydrogens is 837 g/mol. The maximum Gasteiger partial charge on any atom is 0.333 e. The fraction of sp³-hybridized carbons (Fsp3) is 0.667. The summed E-state index contributed by atoms with van der Waals surface area (Å²) in [6.07, 6.45) is 31.5. The number of amides is 7. The number of imide groups is 1. The number of urea groups is 2. The van der Waals surface area contributed by atoms with Crippen molar-refractivity contribution in [3.05, 3.63) is 54.6 Å². The minimum absolute atomic E-state index is 0.0714. The lowest BCUT2D eigenvalue weighted by molar-refractivity contribution is -0.197. The molecule has 1 heterocycles. The van der Waals surface area contributed by atoms with Crippen molar-refractivity contribution < 1.29 is 42.0 Å². The quantitative estimate of drug-likeness (QED) is 0.0249. The Kier molecular flexibility index (Phi) is 34.6. The van der Waals surface area contributed by atoms with Crippen molar-refractivity contribution in [3.63, 3.8) is 0 Å². The van der Waals surface area contributed by atoms with Gasteiger partial charge in [-0.25, -0.2) is 27.5 Å². The number of carbonyl (C=O) groups excluding carboxylic acids is 6. The van der Waals surface area contributed by atoms with E-state index in [-0.39, 0.29) is 42.6 Å². The van der Waals surface area contributed by atoms with Crippen LogP contribution in [0.3, 0.4) is 0 Å². The summed E-state index contributed by atoms with van der Waals surface area (Å²) in [6.45, 7) is 7.18. The van der Waals surface area contributed by atoms with Gasteiger partial charge in [0, 0.05) is 51.9 Å². The number of nitrogens with one attached hydrogen (secondary N) is 5. The topological polar surface area (TPSA) is 209 Å². The van der Waals surface area contributed by atoms with E-state index >= 15 is 0 Å². The summed E-state index contributed by atoms with van der Waals surface area (Å²) in [6, 6.07) is 7.77. The zero-order valence-corrected chi connectivity index (χ0v) is 39.8. The van der Waals surface area contributed by atoms with E-state index < -0.39 is 33.7 Å². The van der Waals surface area contributed by atoms with Gasteiger partial charge in [0.25, 0.3) is 21.8 Å². The van der Waals surface area contributed by atoms with E-state index in [0.717, 1.165) is 142 Å². The lowest BCUT2D eigenvalue weighted by Gasteiger charge is -2.12. The summed E-state index contributed by atoms with van der Waals surface area (Å²) < 4.78 is 26.3. The van der Waals surface area contributed by atoms with Gasteiger partial charge in [0.2, 0.25) is 5.91 Å². The maximum absolute atomic E-state index is 12.1. The summed E-state index contributed by atoms with van der Waals surface area (Å²) in [5, 5.41) is 12.1. The van der Waals surface area contributed by atoms with Crippen molar-refractivity contribution in [2.75, 3.05) is 26.2 Å². The van der Waals surface area contributed by atoms with Crippen molar-refractivity contribution in [2.24, 2.45) is 0 Å². The van der Waals surface area contributed by atoms with E-state index in [1.165, 1.54) is 12.1 Å². The Morgan fingerprint density at radius 3 is 1.38 bits per heavy atom. The molecule has 2 rings (SSSR count). The molecule has 16 heteroatoms. The second-order valence-electron chi connectivity index (χ2n) is 16.0. The Bertz CT molecular complexity index is 1610. The molecule has 0 radical (unpaired) electrons. The van der Waals surface area contributed by atoms with Gasteiger partial charge in [-0.15, -0.1) is 5.06 Å². The number of benzene rings is 1. The molecule has 1 aromatic rings. The third kappa shape index (κ3) is 32.0. The fourth-order valence-electron chi connectivity index (χ4n) is 6.38. The number of hydrogen-bond donors (Lipinski definition) is 5. The van der Waals surface area contributed by atoms with Crippen molar-refractivity contribution in [1.82, 2.24) is 31.1 Å². The Morgan fingerprint density at radius 1 is 0.547 bits per heavy atom. The second-order valence-corrected chi connectivity index (χ2v) is 17.7. The fourth-order valence-corrected chi connectivity index (χ4v) is 7.41. The van der Waals surface area contributed by atoms with Crippen molar-refractivity contribution in [1.29, 1.82) is 0 Å². The minimum atomic E-state index is -3.77. The van der Waals surface area contributed by atoms with Crippen LogP contribution < -0.4 is 26.0 Å². The summed E-state index contributed by atoms with van der Waals surface area (Å²) in [7, 11) is -3.77. The molecular formula is C48H80N6O9S. The molecule has 0 unspecified atom stereocenters. The molecule has 0 spiro atoms. The van der Waals surface area contributed by atoms with Crippen LogP contribution in [-0.2, 0) is 34.0 Å². The van der Waals surface area contributed by atoms with Crippen LogP contribution in [-0.4, -0.2) is 75.4 Å². The first-order valence-corrected chi connectivity index (χ1v) is 25.5. The molecule has 0 bridgehead atoms. The number of allylic oxidation sites excluding steroid dienone is 4. The van der Waals surface area contributed by atoms with Gasteiger partial charge in [-0.2, -0.15) is 0 Å². The Hall–Kier alpha value is -4.73. The van der Waals surface area contributed by atoms with E-state index in [1.807, 2.05) is 0 Å². The van der Waals surface area contributed by atoms with Crippen LogP contribution in [0, 0.1) is 0 Å². The number of unbranched alkanes of at least 4 members (excludes halogenated alkanes) is 16. The third-order valence-electron chi connectivity index (χ3n) is 10.2. The van der Waals surface area contributed by atoms with Crippen molar-refractivity contribution in [2.45, 2.75) is 186 Å². The van der Waals surface area contributed by atoms with Crippen LogP contribution in [0.1, 0.15) is 181 Å². The van der Waals surface area contributed by atoms with Gasteiger partial charge >= 0.3 is 18.0 Å². The first-order chi connectivity index (χ1) is 31.0. The number of hydroxylamine groups is 2. The molecule has 0 atom stereocenters. The standard InChI is InChI=1S/C25H41N3O4S.C23H39N3O5/c1-2-3-16-21-26-25(30)27-22-17-11-9-7-5-4-6-8-10-15-20-24(29)28-33(31,32)23-18-13-12-14-19-23;1-2-3-13-18-24-23(30)25-19-14-11-9-7-5-4-6-8-10-12-15-22(29)31-26-20(27)16-17-21(26)28/h5,7,12-14,18-19H,2-4,6,8-11,15-17,20-22H2,1H3,(H,28,29)(H2,26,27,30);5,7H,2-4,6,8-19H2,1H3,(H2,24,25,30)/b2*7-5-. The SMILES string of the molecule is CCCCCNC(=O)NCCCC/C=C\CCCCCCC(=O)NS(=O)(=O)c1ccccc1.CCCCCNC(=O)NCCCC/C=C\CCCCCCC(=O)ON1C(=O)CCC1=O. The van der Waals surface area contributed by atoms with E-state index in [4.69, 9.17) is 4.84 Å². The highest BCUT2D eigenvalue weighted by Crippen LogP contribution is 2.14. The van der Waals surface area contributed by atoms with Crippen LogP contribution in [0.15, 0.2) is 59.5 Å². The average Bonchev–Trinajstić information content (AvgIpc) is 3.59. The van der Waals surface area contributed by atoms with Gasteiger partial charge in [0.1, 0.15) is 0 Å². The predicted molar refractivity (Wildman–Crippen MR) is 252 cm³/mol. The molecule has 5 N–H and O–H groups in total. The van der Waals surface area contributed by atoms with E-state index in [1.54, 1.807) is 18.2 Å². The van der Waals surface area contributed by atoms with Crippen LogP contribution in [0.25, 0.3) is 0 Å².